The second-order valence-electron chi connectivity index (χ2n) is 6.41. The van der Waals surface area contributed by atoms with Crippen molar-refractivity contribution in [1.82, 2.24) is 5.32 Å². The third-order valence-corrected chi connectivity index (χ3v) is 4.62. The lowest BCUT2D eigenvalue weighted by Gasteiger charge is -2.12. The number of hydrogen-bond acceptors (Lipinski definition) is 2. The van der Waals surface area contributed by atoms with E-state index in [0.717, 1.165) is 18.4 Å². The summed E-state index contributed by atoms with van der Waals surface area (Å²) in [5, 5.41) is 6.45. The van der Waals surface area contributed by atoms with Crippen molar-refractivity contribution < 1.29 is 9.59 Å². The summed E-state index contributed by atoms with van der Waals surface area (Å²) in [5.74, 6) is -0.302. The van der Waals surface area contributed by atoms with Gasteiger partial charge in [0.2, 0.25) is 5.91 Å². The van der Waals surface area contributed by atoms with Crippen molar-refractivity contribution in [3.05, 3.63) is 70.8 Å². The highest BCUT2D eigenvalue weighted by Crippen LogP contribution is 2.18. The van der Waals surface area contributed by atoms with Crippen LogP contribution in [-0.2, 0) is 4.79 Å². The fraction of sp³-hybridized carbons (Fsp3) is 0.238. The van der Waals surface area contributed by atoms with Crippen molar-refractivity contribution >= 4 is 35.2 Å². The molecule has 2 N–H and O–H groups in total. The lowest BCUT2D eigenvalue weighted by Crippen LogP contribution is -2.32. The molecule has 2 aromatic rings. The van der Waals surface area contributed by atoms with Crippen LogP contribution in [0.5, 0.6) is 0 Å². The molecule has 1 aliphatic rings. The Balaban J connectivity index is 1.54. The monoisotopic (exact) mass is 368 g/mol. The van der Waals surface area contributed by atoms with Crippen LogP contribution in [0.4, 0.5) is 5.69 Å². The Morgan fingerprint density at radius 3 is 2.46 bits per heavy atom. The van der Waals surface area contributed by atoms with Gasteiger partial charge in [-0.15, -0.1) is 0 Å². The van der Waals surface area contributed by atoms with Crippen LogP contribution in [0.1, 0.15) is 41.6 Å². The van der Waals surface area contributed by atoms with Crippen LogP contribution >= 0.6 is 11.6 Å². The molecule has 0 bridgehead atoms. The third kappa shape index (κ3) is 5.20. The molecule has 0 aromatic heterocycles. The van der Waals surface area contributed by atoms with E-state index in [2.05, 4.69) is 10.6 Å². The van der Waals surface area contributed by atoms with E-state index >= 15 is 0 Å². The lowest BCUT2D eigenvalue weighted by atomic mass is 10.1. The molecule has 2 aromatic carbocycles. The van der Waals surface area contributed by atoms with E-state index in [1.807, 2.05) is 12.1 Å². The standard InChI is InChI=1S/C21H21ClN2O2/c22-17-5-3-4-15(14-17)8-13-20(25)23-19-11-9-16(10-12-19)21(26)24-18-6-1-2-7-18/h3-5,8-14,18H,1-2,6-7H2,(H,23,25)(H,24,26)/b13-8+. The second-order valence-corrected chi connectivity index (χ2v) is 6.85. The third-order valence-electron chi connectivity index (χ3n) is 4.38. The highest BCUT2D eigenvalue weighted by atomic mass is 35.5. The first kappa shape index (κ1) is 18.2. The summed E-state index contributed by atoms with van der Waals surface area (Å²) in [6, 6.07) is 14.5. The van der Waals surface area contributed by atoms with Crippen LogP contribution in [0.15, 0.2) is 54.6 Å². The molecule has 134 valence electrons. The zero-order valence-electron chi connectivity index (χ0n) is 14.4. The molecule has 3 rings (SSSR count). The van der Waals surface area contributed by atoms with Gasteiger partial charge >= 0.3 is 0 Å². The SMILES string of the molecule is O=C(/C=C/c1cccc(Cl)c1)Nc1ccc(C(=O)NC2CCCC2)cc1. The van der Waals surface area contributed by atoms with Gasteiger partial charge in [0, 0.05) is 28.4 Å². The Labute approximate surface area is 158 Å². The smallest absolute Gasteiger partial charge is 0.251 e. The van der Waals surface area contributed by atoms with E-state index in [-0.39, 0.29) is 11.8 Å². The summed E-state index contributed by atoms with van der Waals surface area (Å²) in [7, 11) is 0. The molecule has 1 saturated carbocycles. The van der Waals surface area contributed by atoms with E-state index in [4.69, 9.17) is 11.6 Å². The minimum absolute atomic E-state index is 0.0596. The number of rotatable bonds is 5. The summed E-state index contributed by atoms with van der Waals surface area (Å²) in [6.07, 6.45) is 7.62. The van der Waals surface area contributed by atoms with Crippen molar-refractivity contribution in [3.63, 3.8) is 0 Å². The maximum Gasteiger partial charge on any atom is 0.251 e. The van der Waals surface area contributed by atoms with Gasteiger partial charge in [-0.25, -0.2) is 0 Å². The predicted molar refractivity (Wildman–Crippen MR) is 105 cm³/mol. The molecule has 2 amide bonds. The number of nitrogens with one attached hydrogen (secondary N) is 2. The van der Waals surface area contributed by atoms with Gasteiger partial charge in [0.15, 0.2) is 0 Å². The first-order valence-electron chi connectivity index (χ1n) is 8.76. The van der Waals surface area contributed by atoms with Crippen LogP contribution < -0.4 is 10.6 Å². The summed E-state index contributed by atoms with van der Waals surface area (Å²) in [6.45, 7) is 0. The van der Waals surface area contributed by atoms with Gasteiger partial charge in [-0.3, -0.25) is 9.59 Å². The Kier molecular flexibility index (Phi) is 6.08. The number of hydrogen-bond donors (Lipinski definition) is 2. The summed E-state index contributed by atoms with van der Waals surface area (Å²) in [4.78, 5) is 24.2. The van der Waals surface area contributed by atoms with Gasteiger partial charge in [-0.1, -0.05) is 36.6 Å². The van der Waals surface area contributed by atoms with Gasteiger partial charge < -0.3 is 10.6 Å². The molecule has 0 unspecified atom stereocenters. The van der Waals surface area contributed by atoms with E-state index in [1.54, 1.807) is 42.5 Å². The molecule has 0 saturated heterocycles. The molecule has 1 fully saturated rings. The number of benzene rings is 2. The maximum absolute atomic E-state index is 12.2. The molecule has 4 nitrogen and oxygen atoms in total. The molecular weight excluding hydrogens is 348 g/mol. The first-order chi connectivity index (χ1) is 12.6. The van der Waals surface area contributed by atoms with E-state index in [0.29, 0.717) is 22.3 Å². The van der Waals surface area contributed by atoms with Gasteiger partial charge in [0.1, 0.15) is 0 Å². The average Bonchev–Trinajstić information content (AvgIpc) is 3.14. The van der Waals surface area contributed by atoms with Gasteiger partial charge in [0.25, 0.3) is 5.91 Å². The van der Waals surface area contributed by atoms with Crippen LogP contribution in [0.3, 0.4) is 0 Å². The van der Waals surface area contributed by atoms with Crippen molar-refractivity contribution in [3.8, 4) is 0 Å². The van der Waals surface area contributed by atoms with Crippen LogP contribution in [0.2, 0.25) is 5.02 Å². The second kappa shape index (κ2) is 8.68. The van der Waals surface area contributed by atoms with Crippen molar-refractivity contribution in [1.29, 1.82) is 0 Å². The largest absolute Gasteiger partial charge is 0.349 e. The highest BCUT2D eigenvalue weighted by Gasteiger charge is 2.17. The predicted octanol–water partition coefficient (Wildman–Crippen LogP) is 4.66. The van der Waals surface area contributed by atoms with Crippen LogP contribution in [0, 0.1) is 0 Å². The molecule has 5 heteroatoms. The molecule has 0 spiro atoms. The quantitative estimate of drug-likeness (QED) is 0.754. The molecule has 1 aliphatic carbocycles. The molecule has 0 heterocycles. The normalized spacial score (nSPS) is 14.5. The van der Waals surface area contributed by atoms with Crippen LogP contribution in [0.25, 0.3) is 6.08 Å². The molecular formula is C21H21ClN2O2. The number of carbonyl (C=O) groups is 2. The maximum atomic E-state index is 12.2. The van der Waals surface area contributed by atoms with Crippen molar-refractivity contribution in [2.24, 2.45) is 0 Å². The minimum Gasteiger partial charge on any atom is -0.349 e. The van der Waals surface area contributed by atoms with Gasteiger partial charge in [-0.05, 0) is 60.9 Å². The Bertz CT molecular complexity index is 809. The van der Waals surface area contributed by atoms with Crippen LogP contribution in [-0.4, -0.2) is 17.9 Å². The van der Waals surface area contributed by atoms with Gasteiger partial charge in [0.05, 0.1) is 0 Å². The summed E-state index contributed by atoms with van der Waals surface area (Å²) >= 11 is 5.92. The minimum atomic E-state index is -0.242. The van der Waals surface area contributed by atoms with Crippen molar-refractivity contribution in [2.75, 3.05) is 5.32 Å². The zero-order chi connectivity index (χ0) is 18.4. The number of amides is 2. The average molecular weight is 369 g/mol. The van der Waals surface area contributed by atoms with Crippen molar-refractivity contribution in [2.45, 2.75) is 31.7 Å². The van der Waals surface area contributed by atoms with Gasteiger partial charge in [-0.2, -0.15) is 0 Å². The fourth-order valence-corrected chi connectivity index (χ4v) is 3.21. The molecule has 0 atom stereocenters. The lowest BCUT2D eigenvalue weighted by molar-refractivity contribution is -0.111. The zero-order valence-corrected chi connectivity index (χ0v) is 15.1. The Morgan fingerprint density at radius 1 is 1.04 bits per heavy atom. The molecule has 0 aliphatic heterocycles. The number of carbonyl (C=O) groups excluding carboxylic acids is 2. The molecule has 0 radical (unpaired) electrons. The summed E-state index contributed by atoms with van der Waals surface area (Å²) < 4.78 is 0. The van der Waals surface area contributed by atoms with E-state index in [1.165, 1.54) is 18.9 Å². The highest BCUT2D eigenvalue weighted by molar-refractivity contribution is 6.30. The Morgan fingerprint density at radius 2 is 1.77 bits per heavy atom. The fourth-order valence-electron chi connectivity index (χ4n) is 3.01. The summed E-state index contributed by atoms with van der Waals surface area (Å²) in [5.41, 5.74) is 2.10. The Hall–Kier alpha value is -2.59. The number of anilines is 1. The van der Waals surface area contributed by atoms with E-state index in [9.17, 15) is 9.59 Å². The molecule has 26 heavy (non-hydrogen) atoms. The number of halogens is 1. The first-order valence-corrected chi connectivity index (χ1v) is 9.13. The van der Waals surface area contributed by atoms with E-state index < -0.39 is 0 Å². The topological polar surface area (TPSA) is 58.2 Å².